The Morgan fingerprint density at radius 1 is 1.10 bits per heavy atom. The summed E-state index contributed by atoms with van der Waals surface area (Å²) in [5, 5.41) is 7.83. The maximum Gasteiger partial charge on any atom is 0.338 e. The first-order chi connectivity index (χ1) is 14.9. The van der Waals surface area contributed by atoms with Crippen LogP contribution >= 0.6 is 0 Å². The van der Waals surface area contributed by atoms with E-state index in [4.69, 9.17) is 13.9 Å². The number of carbonyl (C=O) groups is 1. The summed E-state index contributed by atoms with van der Waals surface area (Å²) in [5.74, 6) is -0.223. The van der Waals surface area contributed by atoms with E-state index in [9.17, 15) is 13.2 Å². The van der Waals surface area contributed by atoms with Crippen molar-refractivity contribution >= 4 is 16.0 Å². The van der Waals surface area contributed by atoms with Gasteiger partial charge in [-0.15, -0.1) is 10.2 Å². The van der Waals surface area contributed by atoms with Crippen molar-refractivity contribution in [2.75, 3.05) is 26.3 Å². The minimum absolute atomic E-state index is 0.0769. The second-order valence-electron chi connectivity index (χ2n) is 6.94. The van der Waals surface area contributed by atoms with Gasteiger partial charge in [-0.2, -0.15) is 4.31 Å². The Labute approximate surface area is 179 Å². The van der Waals surface area contributed by atoms with Gasteiger partial charge in [-0.3, -0.25) is 0 Å². The molecule has 0 unspecified atom stereocenters. The molecule has 0 saturated carbocycles. The fourth-order valence-electron chi connectivity index (χ4n) is 3.15. The lowest BCUT2D eigenvalue weighted by molar-refractivity contribution is 0.0438. The minimum Gasteiger partial charge on any atom is -0.452 e. The molecule has 3 aromatic rings. The van der Waals surface area contributed by atoms with Crippen molar-refractivity contribution < 1.29 is 27.1 Å². The highest BCUT2D eigenvalue weighted by Gasteiger charge is 2.28. The Morgan fingerprint density at radius 3 is 2.58 bits per heavy atom. The highest BCUT2D eigenvalue weighted by molar-refractivity contribution is 7.89. The molecule has 162 valence electrons. The molecule has 0 N–H and O–H groups in total. The molecule has 1 aromatic heterocycles. The van der Waals surface area contributed by atoms with Crippen molar-refractivity contribution in [1.82, 2.24) is 14.5 Å². The predicted molar refractivity (Wildman–Crippen MR) is 110 cm³/mol. The summed E-state index contributed by atoms with van der Waals surface area (Å²) in [4.78, 5) is 12.6. The number of aromatic nitrogens is 2. The van der Waals surface area contributed by atoms with E-state index < -0.39 is 16.0 Å². The van der Waals surface area contributed by atoms with E-state index in [1.807, 2.05) is 30.3 Å². The molecule has 0 aliphatic carbocycles. The number of rotatable bonds is 6. The number of benzene rings is 2. The summed E-state index contributed by atoms with van der Waals surface area (Å²) in [6.07, 6.45) is 0. The summed E-state index contributed by atoms with van der Waals surface area (Å²) < 4.78 is 43.3. The SMILES string of the molecule is Cc1ccc(C(=O)OCc2nnc(-c3ccccc3)o2)cc1S(=O)(=O)N1CCOCC1. The van der Waals surface area contributed by atoms with Crippen LogP contribution in [0.15, 0.2) is 57.8 Å². The van der Waals surface area contributed by atoms with Gasteiger partial charge in [0.15, 0.2) is 6.61 Å². The van der Waals surface area contributed by atoms with Crippen molar-refractivity contribution in [1.29, 1.82) is 0 Å². The van der Waals surface area contributed by atoms with Crippen LogP contribution < -0.4 is 0 Å². The average Bonchev–Trinajstić information content (AvgIpc) is 3.28. The Kier molecular flexibility index (Phi) is 6.12. The van der Waals surface area contributed by atoms with E-state index >= 15 is 0 Å². The second-order valence-corrected chi connectivity index (χ2v) is 8.85. The zero-order valence-corrected chi connectivity index (χ0v) is 17.7. The summed E-state index contributed by atoms with van der Waals surface area (Å²) in [5.41, 5.74) is 1.43. The highest BCUT2D eigenvalue weighted by Crippen LogP contribution is 2.23. The van der Waals surface area contributed by atoms with Gasteiger partial charge in [0.05, 0.1) is 23.7 Å². The molecule has 0 atom stereocenters. The van der Waals surface area contributed by atoms with Gasteiger partial charge in [-0.1, -0.05) is 24.3 Å². The van der Waals surface area contributed by atoms with Crippen LogP contribution in [0, 0.1) is 6.92 Å². The number of hydrogen-bond donors (Lipinski definition) is 0. The van der Waals surface area contributed by atoms with Crippen LogP contribution in [0.4, 0.5) is 0 Å². The molecular formula is C21H21N3O6S. The normalized spacial score (nSPS) is 15.0. The van der Waals surface area contributed by atoms with Gasteiger partial charge >= 0.3 is 5.97 Å². The Hall–Kier alpha value is -3.08. The molecule has 31 heavy (non-hydrogen) atoms. The van der Waals surface area contributed by atoms with Gasteiger partial charge in [-0.05, 0) is 36.8 Å². The van der Waals surface area contributed by atoms with Gasteiger partial charge in [0.2, 0.25) is 15.9 Å². The fraction of sp³-hybridized carbons (Fsp3) is 0.286. The number of esters is 1. The monoisotopic (exact) mass is 443 g/mol. The molecule has 0 bridgehead atoms. The van der Waals surface area contributed by atoms with E-state index in [1.165, 1.54) is 16.4 Å². The highest BCUT2D eigenvalue weighted by atomic mass is 32.2. The van der Waals surface area contributed by atoms with Crippen LogP contribution in [-0.4, -0.2) is 55.2 Å². The van der Waals surface area contributed by atoms with Crippen LogP contribution in [0.1, 0.15) is 21.8 Å². The number of aryl methyl sites for hydroxylation is 1. The van der Waals surface area contributed by atoms with E-state index in [1.54, 1.807) is 13.0 Å². The predicted octanol–water partition coefficient (Wildman–Crippen LogP) is 2.42. The zero-order chi connectivity index (χ0) is 21.8. The molecule has 1 saturated heterocycles. The van der Waals surface area contributed by atoms with E-state index in [-0.39, 0.29) is 36.0 Å². The van der Waals surface area contributed by atoms with E-state index in [0.29, 0.717) is 24.7 Å². The van der Waals surface area contributed by atoms with Crippen molar-refractivity contribution in [3.8, 4) is 11.5 Å². The van der Waals surface area contributed by atoms with Crippen LogP contribution in [0.5, 0.6) is 0 Å². The molecule has 9 nitrogen and oxygen atoms in total. The van der Waals surface area contributed by atoms with Gasteiger partial charge in [0.25, 0.3) is 5.89 Å². The lowest BCUT2D eigenvalue weighted by Gasteiger charge is -2.26. The van der Waals surface area contributed by atoms with Crippen LogP contribution in [0.3, 0.4) is 0 Å². The molecular weight excluding hydrogens is 422 g/mol. The minimum atomic E-state index is -3.74. The molecule has 10 heteroatoms. The maximum atomic E-state index is 13.0. The third-order valence-corrected chi connectivity index (χ3v) is 6.87. The Balaban J connectivity index is 1.47. The number of carbonyl (C=O) groups excluding carboxylic acids is 1. The number of hydrogen-bond acceptors (Lipinski definition) is 8. The molecule has 2 heterocycles. The van der Waals surface area contributed by atoms with Gasteiger partial charge in [0.1, 0.15) is 0 Å². The molecule has 1 fully saturated rings. The first-order valence-corrected chi connectivity index (χ1v) is 11.1. The van der Waals surface area contributed by atoms with Gasteiger partial charge in [-0.25, -0.2) is 13.2 Å². The number of ether oxygens (including phenoxy) is 2. The Bertz CT molecular complexity index is 1170. The average molecular weight is 443 g/mol. The van der Waals surface area contributed by atoms with E-state index in [0.717, 1.165) is 5.56 Å². The maximum absolute atomic E-state index is 13.0. The van der Waals surface area contributed by atoms with Gasteiger partial charge < -0.3 is 13.9 Å². The Morgan fingerprint density at radius 2 is 1.84 bits per heavy atom. The molecule has 0 amide bonds. The molecule has 4 rings (SSSR count). The van der Waals surface area contributed by atoms with Crippen molar-refractivity contribution in [2.45, 2.75) is 18.4 Å². The van der Waals surface area contributed by atoms with E-state index in [2.05, 4.69) is 10.2 Å². The number of nitrogens with zero attached hydrogens (tertiary/aromatic N) is 3. The van der Waals surface area contributed by atoms with Crippen LogP contribution in [-0.2, 0) is 26.1 Å². The van der Waals surface area contributed by atoms with Gasteiger partial charge in [0, 0.05) is 18.7 Å². The standard InChI is InChI=1S/C21H21N3O6S/c1-15-7-8-17(13-18(15)31(26,27)24-9-11-28-12-10-24)21(25)29-14-19-22-23-20(30-19)16-5-3-2-4-6-16/h2-8,13H,9-12,14H2,1H3. The summed E-state index contributed by atoms with van der Waals surface area (Å²) in [7, 11) is -3.74. The molecule has 1 aliphatic rings. The molecule has 0 spiro atoms. The molecule has 0 radical (unpaired) electrons. The quantitative estimate of drug-likeness (QED) is 0.534. The fourth-order valence-corrected chi connectivity index (χ4v) is 4.81. The number of morpholine rings is 1. The first kappa shape index (κ1) is 21.2. The van der Waals surface area contributed by atoms with Crippen molar-refractivity contribution in [3.05, 3.63) is 65.5 Å². The number of sulfonamides is 1. The largest absolute Gasteiger partial charge is 0.452 e. The second kappa shape index (κ2) is 8.96. The lowest BCUT2D eigenvalue weighted by atomic mass is 10.1. The first-order valence-electron chi connectivity index (χ1n) is 9.68. The van der Waals surface area contributed by atoms with Crippen molar-refractivity contribution in [2.24, 2.45) is 0 Å². The lowest BCUT2D eigenvalue weighted by Crippen LogP contribution is -2.40. The summed E-state index contributed by atoms with van der Waals surface area (Å²) >= 11 is 0. The van der Waals surface area contributed by atoms with Crippen LogP contribution in [0.25, 0.3) is 11.5 Å². The summed E-state index contributed by atoms with van der Waals surface area (Å²) in [6.45, 7) is 2.70. The smallest absolute Gasteiger partial charge is 0.338 e. The van der Waals surface area contributed by atoms with Crippen molar-refractivity contribution in [3.63, 3.8) is 0 Å². The topological polar surface area (TPSA) is 112 Å². The molecule has 1 aliphatic heterocycles. The third-order valence-electron chi connectivity index (χ3n) is 4.83. The molecule has 2 aromatic carbocycles. The zero-order valence-electron chi connectivity index (χ0n) is 16.9. The summed E-state index contributed by atoms with van der Waals surface area (Å²) in [6, 6.07) is 13.7. The van der Waals surface area contributed by atoms with Crippen LogP contribution in [0.2, 0.25) is 0 Å². The third kappa shape index (κ3) is 4.66.